The average molecular weight is 510 g/mol. The predicted octanol–water partition coefficient (Wildman–Crippen LogP) is 3.53. The zero-order chi connectivity index (χ0) is 25.9. The highest BCUT2D eigenvalue weighted by atomic mass is 16.5. The number of carbonyl (C=O) groups excluding carboxylic acids is 1. The van der Waals surface area contributed by atoms with Crippen LogP contribution in [-0.2, 0) is 11.3 Å². The molecule has 1 atom stereocenters. The molecule has 1 saturated heterocycles. The van der Waals surface area contributed by atoms with E-state index < -0.39 is 6.61 Å². The van der Waals surface area contributed by atoms with Crippen LogP contribution in [0.15, 0.2) is 73.3 Å². The van der Waals surface area contributed by atoms with Gasteiger partial charge < -0.3 is 20.1 Å². The number of hydrogen-bond acceptors (Lipinski definition) is 8. The Morgan fingerprint density at radius 3 is 2.92 bits per heavy atom. The van der Waals surface area contributed by atoms with Gasteiger partial charge in [-0.2, -0.15) is 5.10 Å². The Hall–Kier alpha value is -4.57. The number of aliphatic hydroxyl groups is 1. The van der Waals surface area contributed by atoms with Crippen molar-refractivity contribution in [3.05, 3.63) is 79.0 Å². The number of pyridine rings is 1. The summed E-state index contributed by atoms with van der Waals surface area (Å²) < 4.78 is 8.15. The Bertz CT molecular complexity index is 1580. The summed E-state index contributed by atoms with van der Waals surface area (Å²) in [5, 5.41) is 19.0. The summed E-state index contributed by atoms with van der Waals surface area (Å²) in [5.74, 6) is 0.997. The number of ether oxygens (including phenoxy) is 1. The van der Waals surface area contributed by atoms with Gasteiger partial charge in [-0.3, -0.25) is 14.5 Å². The molecule has 0 spiro atoms. The minimum absolute atomic E-state index is 0.0732. The van der Waals surface area contributed by atoms with Crippen LogP contribution in [0.5, 0.6) is 5.75 Å². The van der Waals surface area contributed by atoms with Crippen molar-refractivity contribution in [3.8, 4) is 5.75 Å². The monoisotopic (exact) mass is 509 g/mol. The summed E-state index contributed by atoms with van der Waals surface area (Å²) in [6, 6.07) is 17.5. The fourth-order valence-corrected chi connectivity index (χ4v) is 4.98. The average Bonchev–Trinajstić information content (AvgIpc) is 3.59. The lowest BCUT2D eigenvalue weighted by Gasteiger charge is -2.24. The molecule has 1 aliphatic heterocycles. The van der Waals surface area contributed by atoms with Gasteiger partial charge in [0, 0.05) is 23.8 Å². The van der Waals surface area contributed by atoms with E-state index >= 15 is 0 Å². The number of anilines is 2. The van der Waals surface area contributed by atoms with E-state index in [9.17, 15) is 9.90 Å². The van der Waals surface area contributed by atoms with E-state index in [0.29, 0.717) is 31.3 Å². The number of aliphatic hydroxyl groups excluding tert-OH is 1. The number of benzene rings is 2. The smallest absolute Gasteiger partial charge is 0.248 e. The van der Waals surface area contributed by atoms with E-state index in [-0.39, 0.29) is 11.9 Å². The molecule has 0 radical (unpaired) electrons. The number of likely N-dealkylation sites (tertiary alicyclic amines) is 1. The van der Waals surface area contributed by atoms with Crippen molar-refractivity contribution < 1.29 is 14.6 Å². The van der Waals surface area contributed by atoms with Crippen molar-refractivity contribution in [2.24, 2.45) is 0 Å². The fraction of sp³-hybridized carbons (Fsp3) is 0.250. The second-order valence-electron chi connectivity index (χ2n) is 9.25. The zero-order valence-electron chi connectivity index (χ0n) is 20.7. The van der Waals surface area contributed by atoms with Gasteiger partial charge in [-0.15, -0.1) is 0 Å². The number of carbonyl (C=O) groups is 1. The third-order valence-electron chi connectivity index (χ3n) is 6.83. The Morgan fingerprint density at radius 2 is 2.05 bits per heavy atom. The topological polar surface area (TPSA) is 118 Å². The molecule has 6 rings (SSSR count). The Balaban J connectivity index is 1.25. The molecule has 1 fully saturated rings. The molecule has 1 unspecified atom stereocenters. The predicted molar refractivity (Wildman–Crippen MR) is 143 cm³/mol. The van der Waals surface area contributed by atoms with Crippen LogP contribution in [0.25, 0.3) is 21.8 Å². The standard InChI is InChI=1S/C28H27N7O3/c36-16-26(37)34-12-4-6-22(34)17-38-25-8-3-7-23-27(25)28(31-18-30-23)33-20-9-10-24-19(13-20)14-32-35(24)15-21-5-1-2-11-29-21/h1-3,5,7-11,13-14,18,22,36H,4,6,12,15-17H2,(H,30,31,33). The first kappa shape index (κ1) is 23.8. The molecule has 1 aliphatic rings. The van der Waals surface area contributed by atoms with E-state index in [1.165, 1.54) is 6.33 Å². The van der Waals surface area contributed by atoms with Gasteiger partial charge in [0.05, 0.1) is 40.9 Å². The van der Waals surface area contributed by atoms with Crippen LogP contribution in [0.4, 0.5) is 11.5 Å². The fourth-order valence-electron chi connectivity index (χ4n) is 4.98. The molecular formula is C28H27N7O3. The van der Waals surface area contributed by atoms with E-state index in [2.05, 4.69) is 25.4 Å². The first-order valence-electron chi connectivity index (χ1n) is 12.6. The van der Waals surface area contributed by atoms with Gasteiger partial charge in [-0.25, -0.2) is 9.97 Å². The zero-order valence-corrected chi connectivity index (χ0v) is 20.7. The van der Waals surface area contributed by atoms with Gasteiger partial charge >= 0.3 is 0 Å². The summed E-state index contributed by atoms with van der Waals surface area (Å²) in [6.45, 7) is 1.08. The normalized spacial score (nSPS) is 15.3. The van der Waals surface area contributed by atoms with Crippen LogP contribution < -0.4 is 10.1 Å². The highest BCUT2D eigenvalue weighted by Crippen LogP contribution is 2.33. The highest BCUT2D eigenvalue weighted by molar-refractivity contribution is 5.96. The van der Waals surface area contributed by atoms with Crippen LogP contribution in [0.3, 0.4) is 0 Å². The van der Waals surface area contributed by atoms with Crippen molar-refractivity contribution in [3.63, 3.8) is 0 Å². The van der Waals surface area contributed by atoms with E-state index in [4.69, 9.17) is 4.74 Å². The quantitative estimate of drug-likeness (QED) is 0.326. The van der Waals surface area contributed by atoms with Crippen molar-refractivity contribution in [2.45, 2.75) is 25.4 Å². The molecule has 2 aromatic carbocycles. The summed E-state index contributed by atoms with van der Waals surface area (Å²) in [4.78, 5) is 27.1. The SMILES string of the molecule is O=C(CO)N1CCCC1COc1cccc2ncnc(Nc3ccc4c(cnn4Cc4ccccn4)c3)c12. The molecule has 10 nitrogen and oxygen atoms in total. The lowest BCUT2D eigenvalue weighted by atomic mass is 10.2. The Morgan fingerprint density at radius 1 is 1.11 bits per heavy atom. The maximum Gasteiger partial charge on any atom is 0.248 e. The number of rotatable bonds is 8. The van der Waals surface area contributed by atoms with Gasteiger partial charge in [0.25, 0.3) is 0 Å². The second-order valence-corrected chi connectivity index (χ2v) is 9.25. The largest absolute Gasteiger partial charge is 0.491 e. The lowest BCUT2D eigenvalue weighted by Crippen LogP contribution is -2.40. The van der Waals surface area contributed by atoms with Gasteiger partial charge in [-0.05, 0) is 55.3 Å². The molecule has 10 heteroatoms. The van der Waals surface area contributed by atoms with Crippen LogP contribution >= 0.6 is 0 Å². The van der Waals surface area contributed by atoms with Gasteiger partial charge in [0.1, 0.15) is 31.1 Å². The van der Waals surface area contributed by atoms with Crippen molar-refractivity contribution >= 4 is 39.2 Å². The number of amides is 1. The van der Waals surface area contributed by atoms with E-state index in [1.54, 1.807) is 11.1 Å². The van der Waals surface area contributed by atoms with Crippen LogP contribution in [0.1, 0.15) is 18.5 Å². The lowest BCUT2D eigenvalue weighted by molar-refractivity contribution is -0.135. The maximum absolute atomic E-state index is 12.1. The van der Waals surface area contributed by atoms with Gasteiger partial charge in [0.2, 0.25) is 5.91 Å². The van der Waals surface area contributed by atoms with Gasteiger partial charge in [-0.1, -0.05) is 12.1 Å². The minimum Gasteiger partial charge on any atom is -0.491 e. The van der Waals surface area contributed by atoms with Crippen molar-refractivity contribution in [1.82, 2.24) is 29.6 Å². The van der Waals surface area contributed by atoms with Crippen molar-refractivity contribution in [1.29, 1.82) is 0 Å². The number of nitrogens with zero attached hydrogens (tertiary/aromatic N) is 6. The summed E-state index contributed by atoms with van der Waals surface area (Å²) in [6.07, 6.45) is 6.89. The number of hydrogen-bond donors (Lipinski definition) is 2. The maximum atomic E-state index is 12.1. The van der Waals surface area contributed by atoms with Gasteiger partial charge in [0.15, 0.2) is 0 Å². The minimum atomic E-state index is -0.487. The van der Waals surface area contributed by atoms with E-state index in [0.717, 1.165) is 46.0 Å². The molecule has 192 valence electrons. The molecule has 4 heterocycles. The first-order chi connectivity index (χ1) is 18.7. The molecule has 0 aliphatic carbocycles. The van der Waals surface area contributed by atoms with Crippen LogP contribution in [0, 0.1) is 0 Å². The molecule has 0 bridgehead atoms. The number of aromatic nitrogens is 5. The molecular weight excluding hydrogens is 482 g/mol. The molecule has 1 amide bonds. The second kappa shape index (κ2) is 10.4. The third kappa shape index (κ3) is 4.73. The molecule has 2 N–H and O–H groups in total. The van der Waals surface area contributed by atoms with Crippen molar-refractivity contribution in [2.75, 3.05) is 25.1 Å². The van der Waals surface area contributed by atoms with E-state index in [1.807, 2.05) is 65.5 Å². The summed E-state index contributed by atoms with van der Waals surface area (Å²) >= 11 is 0. The Labute approximate surface area is 218 Å². The number of nitrogens with one attached hydrogen (secondary N) is 1. The number of fused-ring (bicyclic) bond motifs is 2. The molecule has 5 aromatic rings. The molecule has 3 aromatic heterocycles. The Kier molecular flexibility index (Phi) is 6.53. The molecule has 38 heavy (non-hydrogen) atoms. The molecule has 0 saturated carbocycles. The first-order valence-corrected chi connectivity index (χ1v) is 12.6. The van der Waals surface area contributed by atoms with Crippen LogP contribution in [-0.4, -0.2) is 66.4 Å². The third-order valence-corrected chi connectivity index (χ3v) is 6.83. The van der Waals surface area contributed by atoms with Crippen LogP contribution in [0.2, 0.25) is 0 Å². The summed E-state index contributed by atoms with van der Waals surface area (Å²) in [5.41, 5.74) is 3.57. The highest BCUT2D eigenvalue weighted by Gasteiger charge is 2.29. The summed E-state index contributed by atoms with van der Waals surface area (Å²) in [7, 11) is 0.